The molecule has 0 spiro atoms. The van der Waals surface area contributed by atoms with E-state index in [2.05, 4.69) is 61.4 Å². The molecule has 1 aliphatic carbocycles. The molecule has 2 aliphatic rings. The summed E-state index contributed by atoms with van der Waals surface area (Å²) in [7, 11) is 0. The maximum absolute atomic E-state index is 4.48. The molecule has 122 valence electrons. The van der Waals surface area contributed by atoms with Gasteiger partial charge in [-0.1, -0.05) is 6.07 Å². The Bertz CT molecular complexity index is 842. The van der Waals surface area contributed by atoms with Crippen LogP contribution in [0.3, 0.4) is 0 Å². The van der Waals surface area contributed by atoms with Crippen molar-refractivity contribution in [2.45, 2.75) is 18.9 Å². The van der Waals surface area contributed by atoms with Gasteiger partial charge in [-0.3, -0.25) is 4.90 Å². The van der Waals surface area contributed by atoms with E-state index in [4.69, 9.17) is 0 Å². The Morgan fingerprint density at radius 3 is 2.54 bits per heavy atom. The molecule has 5 nitrogen and oxygen atoms in total. The van der Waals surface area contributed by atoms with Crippen LogP contribution in [-0.4, -0.2) is 52.3 Å². The molecule has 5 rings (SSSR count). The molecule has 0 amide bonds. The third kappa shape index (κ3) is 2.55. The van der Waals surface area contributed by atoms with E-state index in [1.54, 1.807) is 0 Å². The van der Waals surface area contributed by atoms with Crippen LogP contribution in [0.1, 0.15) is 12.8 Å². The van der Waals surface area contributed by atoms with Crippen molar-refractivity contribution in [3.05, 3.63) is 42.6 Å². The van der Waals surface area contributed by atoms with E-state index in [1.165, 1.54) is 18.2 Å². The average Bonchev–Trinajstić information content (AvgIpc) is 3.39. The number of rotatable bonds is 3. The molecule has 1 N–H and O–H groups in total. The van der Waals surface area contributed by atoms with Crippen molar-refractivity contribution in [3.63, 3.8) is 0 Å². The lowest BCUT2D eigenvalue weighted by Crippen LogP contribution is -2.47. The Labute approximate surface area is 141 Å². The fourth-order valence-electron chi connectivity index (χ4n) is 3.62. The number of benzene rings is 1. The van der Waals surface area contributed by atoms with Crippen LogP contribution in [0.2, 0.25) is 0 Å². The summed E-state index contributed by atoms with van der Waals surface area (Å²) in [5, 5.41) is 10.2. The highest BCUT2D eigenvalue weighted by atomic mass is 15.3. The molecule has 3 heterocycles. The van der Waals surface area contributed by atoms with Gasteiger partial charge in [-0.2, -0.15) is 0 Å². The number of anilines is 1. The number of aromatic nitrogens is 3. The second-order valence-electron chi connectivity index (χ2n) is 6.81. The fourth-order valence-corrected chi connectivity index (χ4v) is 3.62. The van der Waals surface area contributed by atoms with Crippen LogP contribution in [0.15, 0.2) is 42.6 Å². The molecule has 0 radical (unpaired) electrons. The summed E-state index contributed by atoms with van der Waals surface area (Å²) in [6.07, 6.45) is 4.74. The first kappa shape index (κ1) is 14.0. The topological polar surface area (TPSA) is 48.1 Å². The number of aromatic amines is 1. The van der Waals surface area contributed by atoms with E-state index in [9.17, 15) is 0 Å². The van der Waals surface area contributed by atoms with Gasteiger partial charge in [-0.05, 0) is 43.2 Å². The molecule has 1 saturated heterocycles. The highest BCUT2D eigenvalue weighted by molar-refractivity contribution is 5.84. The molecule has 5 heteroatoms. The van der Waals surface area contributed by atoms with Crippen LogP contribution in [-0.2, 0) is 0 Å². The second-order valence-corrected chi connectivity index (χ2v) is 6.81. The van der Waals surface area contributed by atoms with Crippen molar-refractivity contribution in [1.29, 1.82) is 0 Å². The summed E-state index contributed by atoms with van der Waals surface area (Å²) < 4.78 is 0. The van der Waals surface area contributed by atoms with Gasteiger partial charge in [0.2, 0.25) is 0 Å². The first-order valence-corrected chi connectivity index (χ1v) is 8.77. The lowest BCUT2D eigenvalue weighted by molar-refractivity contribution is 0.247. The van der Waals surface area contributed by atoms with Gasteiger partial charge < -0.3 is 9.88 Å². The second kappa shape index (κ2) is 5.60. The Morgan fingerprint density at radius 2 is 1.79 bits per heavy atom. The minimum atomic E-state index is 0.865. The summed E-state index contributed by atoms with van der Waals surface area (Å²) in [6, 6.07) is 13.5. The third-order valence-corrected chi connectivity index (χ3v) is 5.20. The van der Waals surface area contributed by atoms with Crippen LogP contribution in [0, 0.1) is 0 Å². The molecule has 24 heavy (non-hydrogen) atoms. The van der Waals surface area contributed by atoms with Crippen LogP contribution in [0.4, 0.5) is 5.82 Å². The molecule has 2 aromatic heterocycles. The summed E-state index contributed by atoms with van der Waals surface area (Å²) in [6.45, 7) is 4.41. The summed E-state index contributed by atoms with van der Waals surface area (Å²) >= 11 is 0. The van der Waals surface area contributed by atoms with E-state index < -0.39 is 0 Å². The zero-order chi connectivity index (χ0) is 15.9. The summed E-state index contributed by atoms with van der Waals surface area (Å²) in [5.41, 5.74) is 3.19. The molecule has 1 saturated carbocycles. The van der Waals surface area contributed by atoms with Crippen LogP contribution < -0.4 is 4.90 Å². The average molecular weight is 319 g/mol. The molecular weight excluding hydrogens is 298 g/mol. The Balaban J connectivity index is 1.33. The zero-order valence-corrected chi connectivity index (χ0v) is 13.7. The SMILES string of the molecule is c1cc2cc(-c3ccc(N4CCN(C5CC5)CC4)nn3)ccc2[nH]1. The van der Waals surface area contributed by atoms with Crippen LogP contribution in [0.25, 0.3) is 22.2 Å². The standard InChI is InChI=1S/C19H21N5/c1-4-17-15(7-8-20-17)13-14(1)18-5-6-19(22-21-18)24-11-9-23(10-12-24)16-2-3-16/h1,4-8,13,16,20H,2-3,9-12H2. The highest BCUT2D eigenvalue weighted by Gasteiger charge is 2.31. The minimum absolute atomic E-state index is 0.865. The maximum Gasteiger partial charge on any atom is 0.151 e. The molecule has 1 aliphatic heterocycles. The lowest BCUT2D eigenvalue weighted by atomic mass is 10.1. The van der Waals surface area contributed by atoms with Crippen molar-refractivity contribution in [1.82, 2.24) is 20.1 Å². The number of piperazine rings is 1. The van der Waals surface area contributed by atoms with Gasteiger partial charge in [0.1, 0.15) is 0 Å². The van der Waals surface area contributed by atoms with Gasteiger partial charge >= 0.3 is 0 Å². The monoisotopic (exact) mass is 319 g/mol. The fraction of sp³-hybridized carbons (Fsp3) is 0.368. The third-order valence-electron chi connectivity index (χ3n) is 5.20. The van der Waals surface area contributed by atoms with Crippen LogP contribution >= 0.6 is 0 Å². The number of fused-ring (bicyclic) bond motifs is 1. The number of hydrogen-bond acceptors (Lipinski definition) is 4. The van der Waals surface area contributed by atoms with E-state index in [1.807, 2.05) is 6.20 Å². The normalized spacial score (nSPS) is 19.1. The first-order valence-electron chi connectivity index (χ1n) is 8.77. The Kier molecular flexibility index (Phi) is 3.26. The molecule has 0 unspecified atom stereocenters. The highest BCUT2D eigenvalue weighted by Crippen LogP contribution is 2.28. The van der Waals surface area contributed by atoms with E-state index in [-0.39, 0.29) is 0 Å². The molecule has 1 aromatic carbocycles. The van der Waals surface area contributed by atoms with Crippen molar-refractivity contribution < 1.29 is 0 Å². The molecule has 2 fully saturated rings. The lowest BCUT2D eigenvalue weighted by Gasteiger charge is -2.35. The van der Waals surface area contributed by atoms with Crippen molar-refractivity contribution in [3.8, 4) is 11.3 Å². The molecule has 0 atom stereocenters. The predicted octanol–water partition coefficient (Wildman–Crippen LogP) is 2.91. The molecule has 0 bridgehead atoms. The number of hydrogen-bond donors (Lipinski definition) is 1. The summed E-state index contributed by atoms with van der Waals surface area (Å²) in [4.78, 5) is 8.19. The van der Waals surface area contributed by atoms with E-state index in [0.29, 0.717) is 0 Å². The minimum Gasteiger partial charge on any atom is -0.361 e. The van der Waals surface area contributed by atoms with Gasteiger partial charge in [0.15, 0.2) is 5.82 Å². The van der Waals surface area contributed by atoms with E-state index >= 15 is 0 Å². The smallest absolute Gasteiger partial charge is 0.151 e. The first-order chi connectivity index (χ1) is 11.9. The number of nitrogens with one attached hydrogen (secondary N) is 1. The van der Waals surface area contributed by atoms with Crippen molar-refractivity contribution in [2.75, 3.05) is 31.1 Å². The largest absolute Gasteiger partial charge is 0.361 e. The Morgan fingerprint density at radius 1 is 0.917 bits per heavy atom. The van der Waals surface area contributed by atoms with Crippen molar-refractivity contribution >= 4 is 16.7 Å². The van der Waals surface area contributed by atoms with Gasteiger partial charge in [0, 0.05) is 54.9 Å². The maximum atomic E-state index is 4.48. The van der Waals surface area contributed by atoms with Gasteiger partial charge in [-0.15, -0.1) is 10.2 Å². The molecular formula is C19H21N5. The van der Waals surface area contributed by atoms with Gasteiger partial charge in [-0.25, -0.2) is 0 Å². The number of nitrogens with zero attached hydrogens (tertiary/aromatic N) is 4. The number of H-pyrrole nitrogens is 1. The predicted molar refractivity (Wildman–Crippen MR) is 96.1 cm³/mol. The van der Waals surface area contributed by atoms with E-state index in [0.717, 1.165) is 54.8 Å². The summed E-state index contributed by atoms with van der Waals surface area (Å²) in [5.74, 6) is 0.997. The van der Waals surface area contributed by atoms with Gasteiger partial charge in [0.05, 0.1) is 5.69 Å². The van der Waals surface area contributed by atoms with Crippen LogP contribution in [0.5, 0.6) is 0 Å². The molecule has 3 aromatic rings. The Hall–Kier alpha value is -2.40. The van der Waals surface area contributed by atoms with Crippen molar-refractivity contribution in [2.24, 2.45) is 0 Å². The zero-order valence-electron chi connectivity index (χ0n) is 13.7. The quantitative estimate of drug-likeness (QED) is 0.806. The van der Waals surface area contributed by atoms with Gasteiger partial charge in [0.25, 0.3) is 0 Å².